The van der Waals surface area contributed by atoms with Crippen molar-refractivity contribution < 1.29 is 23.1 Å². The summed E-state index contributed by atoms with van der Waals surface area (Å²) in [5, 5.41) is 18.2. The summed E-state index contributed by atoms with van der Waals surface area (Å²) < 4.78 is 39.1. The van der Waals surface area contributed by atoms with Crippen molar-refractivity contribution in [2.45, 2.75) is 20.0 Å². The first-order valence-corrected chi connectivity index (χ1v) is 6.58. The lowest BCUT2D eigenvalue weighted by Gasteiger charge is -2.20. The summed E-state index contributed by atoms with van der Waals surface area (Å²) in [6.45, 7) is 2.52. The summed E-state index contributed by atoms with van der Waals surface area (Å²) in [7, 11) is 0. The third-order valence-electron chi connectivity index (χ3n) is 3.79. The lowest BCUT2D eigenvalue weighted by Crippen LogP contribution is -2.33. The second-order valence-electron chi connectivity index (χ2n) is 5.39. The van der Waals surface area contributed by atoms with Crippen molar-refractivity contribution in [3.63, 3.8) is 0 Å². The number of pyridine rings is 1. The van der Waals surface area contributed by atoms with Gasteiger partial charge < -0.3 is 10.0 Å². The number of alkyl halides is 3. The molecule has 1 aliphatic rings. The van der Waals surface area contributed by atoms with E-state index in [1.54, 1.807) is 19.9 Å². The fourth-order valence-corrected chi connectivity index (χ4v) is 2.74. The fraction of sp³-hybridized carbons (Fsp3) is 0.500. The van der Waals surface area contributed by atoms with E-state index in [1.165, 1.54) is 4.90 Å². The number of rotatable bonds is 2. The first-order valence-electron chi connectivity index (χ1n) is 6.58. The third-order valence-corrected chi connectivity index (χ3v) is 3.79. The van der Waals surface area contributed by atoms with Crippen LogP contribution in [0.4, 0.5) is 19.0 Å². The molecule has 118 valence electrons. The Morgan fingerprint density at radius 3 is 2.55 bits per heavy atom. The van der Waals surface area contributed by atoms with Crippen molar-refractivity contribution in [2.75, 3.05) is 18.0 Å². The number of aryl methyl sites for hydroxylation is 2. The summed E-state index contributed by atoms with van der Waals surface area (Å²) in [6.07, 6.45) is -4.61. The molecular formula is C14H14F3N3O2. The minimum atomic E-state index is -4.61. The molecule has 1 saturated heterocycles. The Kier molecular flexibility index (Phi) is 4.00. The normalized spacial score (nSPS) is 21.7. The molecule has 1 fully saturated rings. The van der Waals surface area contributed by atoms with Crippen LogP contribution < -0.4 is 4.90 Å². The molecule has 5 nitrogen and oxygen atoms in total. The van der Waals surface area contributed by atoms with E-state index in [2.05, 4.69) is 4.98 Å². The van der Waals surface area contributed by atoms with E-state index in [4.69, 9.17) is 5.11 Å². The number of anilines is 1. The predicted octanol–water partition coefficient (Wildman–Crippen LogP) is 2.27. The molecule has 0 amide bonds. The molecule has 0 aromatic carbocycles. The van der Waals surface area contributed by atoms with Crippen LogP contribution in [0, 0.1) is 37.0 Å². The highest BCUT2D eigenvalue weighted by Gasteiger charge is 2.53. The first-order chi connectivity index (χ1) is 10.1. The molecule has 1 aromatic rings. The number of aliphatic carboxylic acids is 1. The van der Waals surface area contributed by atoms with Crippen molar-refractivity contribution in [1.29, 1.82) is 5.26 Å². The van der Waals surface area contributed by atoms with Gasteiger partial charge in [0.05, 0.1) is 17.4 Å². The SMILES string of the molecule is Cc1cc(C)c(C#N)c(N2C[C@@H](C(F)(F)F)[C@H](C(=O)O)C2)n1. The van der Waals surface area contributed by atoms with Gasteiger partial charge in [-0.3, -0.25) is 4.79 Å². The maximum atomic E-state index is 13.0. The van der Waals surface area contributed by atoms with Crippen LogP contribution in [0.2, 0.25) is 0 Å². The van der Waals surface area contributed by atoms with Crippen LogP contribution in [0.15, 0.2) is 6.07 Å². The summed E-state index contributed by atoms with van der Waals surface area (Å²) in [5.41, 5.74) is 1.35. The van der Waals surface area contributed by atoms with Crippen LogP contribution in [0.3, 0.4) is 0 Å². The number of hydrogen-bond donors (Lipinski definition) is 1. The smallest absolute Gasteiger partial charge is 0.394 e. The highest BCUT2D eigenvalue weighted by atomic mass is 19.4. The molecule has 0 spiro atoms. The highest BCUT2D eigenvalue weighted by molar-refractivity contribution is 5.73. The number of hydrogen-bond acceptors (Lipinski definition) is 4. The molecule has 1 N–H and O–H groups in total. The zero-order valence-corrected chi connectivity index (χ0v) is 12.0. The van der Waals surface area contributed by atoms with Gasteiger partial charge in [-0.1, -0.05) is 0 Å². The van der Waals surface area contributed by atoms with Crippen LogP contribution in [-0.4, -0.2) is 35.3 Å². The van der Waals surface area contributed by atoms with E-state index < -0.39 is 30.5 Å². The Hall–Kier alpha value is -2.30. The van der Waals surface area contributed by atoms with Crippen LogP contribution in [-0.2, 0) is 4.79 Å². The van der Waals surface area contributed by atoms with E-state index in [1.807, 2.05) is 6.07 Å². The van der Waals surface area contributed by atoms with Gasteiger partial charge in [0.25, 0.3) is 0 Å². The number of halogens is 3. The number of nitriles is 1. The van der Waals surface area contributed by atoms with Crippen LogP contribution in [0.1, 0.15) is 16.8 Å². The van der Waals surface area contributed by atoms with Gasteiger partial charge in [-0.15, -0.1) is 0 Å². The standard InChI is InChI=1S/C14H14F3N3O2/c1-7-3-8(2)19-12(9(7)4-18)20-5-10(13(21)22)11(6-20)14(15,16)17/h3,10-11H,5-6H2,1-2H3,(H,21,22)/t10-,11-/m1/s1. The molecule has 0 radical (unpaired) electrons. The lowest BCUT2D eigenvalue weighted by molar-refractivity contribution is -0.187. The van der Waals surface area contributed by atoms with Crippen molar-refractivity contribution in [3.05, 3.63) is 22.9 Å². The maximum Gasteiger partial charge on any atom is 0.394 e. The van der Waals surface area contributed by atoms with Crippen molar-refractivity contribution in [3.8, 4) is 6.07 Å². The van der Waals surface area contributed by atoms with Crippen molar-refractivity contribution in [1.82, 2.24) is 4.98 Å². The number of carboxylic acids is 1. The van der Waals surface area contributed by atoms with E-state index in [0.29, 0.717) is 11.3 Å². The Morgan fingerprint density at radius 2 is 2.09 bits per heavy atom. The molecule has 0 bridgehead atoms. The number of carbonyl (C=O) groups is 1. The van der Waals surface area contributed by atoms with Crippen LogP contribution >= 0.6 is 0 Å². The van der Waals surface area contributed by atoms with Gasteiger partial charge in [0, 0.05) is 18.8 Å². The molecule has 8 heteroatoms. The number of carboxylic acid groups (broad SMARTS) is 1. The predicted molar refractivity (Wildman–Crippen MR) is 71.3 cm³/mol. The minimum absolute atomic E-state index is 0.123. The third kappa shape index (κ3) is 2.84. The second-order valence-corrected chi connectivity index (χ2v) is 5.39. The number of aromatic nitrogens is 1. The summed E-state index contributed by atoms with van der Waals surface area (Å²) in [4.78, 5) is 16.5. The van der Waals surface area contributed by atoms with Gasteiger partial charge in [0.15, 0.2) is 0 Å². The van der Waals surface area contributed by atoms with Gasteiger partial charge in [-0.25, -0.2) is 4.98 Å². The molecule has 1 aliphatic heterocycles. The molecule has 0 unspecified atom stereocenters. The zero-order valence-electron chi connectivity index (χ0n) is 12.0. The van der Waals surface area contributed by atoms with E-state index in [9.17, 15) is 23.2 Å². The van der Waals surface area contributed by atoms with Gasteiger partial charge in [-0.05, 0) is 25.5 Å². The minimum Gasteiger partial charge on any atom is -0.481 e. The highest BCUT2D eigenvalue weighted by Crippen LogP contribution is 2.40. The van der Waals surface area contributed by atoms with Gasteiger partial charge >= 0.3 is 12.1 Å². The van der Waals surface area contributed by atoms with Crippen molar-refractivity contribution >= 4 is 11.8 Å². The van der Waals surface area contributed by atoms with E-state index in [-0.39, 0.29) is 17.9 Å². The monoisotopic (exact) mass is 313 g/mol. The van der Waals surface area contributed by atoms with Crippen LogP contribution in [0.25, 0.3) is 0 Å². The Bertz CT molecular complexity index is 652. The molecule has 1 aromatic heterocycles. The maximum absolute atomic E-state index is 13.0. The van der Waals surface area contributed by atoms with E-state index >= 15 is 0 Å². The molecular weight excluding hydrogens is 299 g/mol. The Labute approximate surface area is 125 Å². The quantitative estimate of drug-likeness (QED) is 0.906. The average molecular weight is 313 g/mol. The molecule has 0 aliphatic carbocycles. The van der Waals surface area contributed by atoms with Crippen molar-refractivity contribution in [2.24, 2.45) is 11.8 Å². The first kappa shape index (κ1) is 16.1. The fourth-order valence-electron chi connectivity index (χ4n) is 2.74. The molecule has 2 atom stereocenters. The molecule has 22 heavy (non-hydrogen) atoms. The Morgan fingerprint density at radius 1 is 1.45 bits per heavy atom. The lowest BCUT2D eigenvalue weighted by atomic mass is 9.96. The van der Waals surface area contributed by atoms with Gasteiger partial charge in [0.1, 0.15) is 11.9 Å². The Balaban J connectivity index is 2.44. The summed E-state index contributed by atoms with van der Waals surface area (Å²) in [5.74, 6) is -4.90. The van der Waals surface area contributed by atoms with Crippen LogP contribution in [0.5, 0.6) is 0 Å². The van der Waals surface area contributed by atoms with Gasteiger partial charge in [0.2, 0.25) is 0 Å². The average Bonchev–Trinajstić information content (AvgIpc) is 2.82. The second kappa shape index (κ2) is 5.48. The van der Waals surface area contributed by atoms with Gasteiger partial charge in [-0.2, -0.15) is 18.4 Å². The largest absolute Gasteiger partial charge is 0.481 e. The summed E-state index contributed by atoms with van der Waals surface area (Å²) in [6, 6.07) is 3.59. The zero-order chi connectivity index (χ0) is 16.7. The topological polar surface area (TPSA) is 77.2 Å². The number of nitrogens with zero attached hydrogens (tertiary/aromatic N) is 3. The molecule has 2 heterocycles. The summed E-state index contributed by atoms with van der Waals surface area (Å²) >= 11 is 0. The molecule has 0 saturated carbocycles. The molecule has 2 rings (SSSR count). The van der Waals surface area contributed by atoms with E-state index in [0.717, 1.165) is 0 Å².